The molecule has 160 valence electrons. The molecule has 2 aliphatic heterocycles. The second-order valence-corrected chi connectivity index (χ2v) is 11.4. The van der Waals surface area contributed by atoms with Gasteiger partial charge in [-0.2, -0.15) is 4.31 Å². The Morgan fingerprint density at radius 2 is 1.72 bits per heavy atom. The molecule has 0 N–H and O–H groups in total. The number of ether oxygens (including phenoxy) is 1. The molecular formula is C22H32N2O3S2. The summed E-state index contributed by atoms with van der Waals surface area (Å²) in [6.45, 7) is 2.37. The fraction of sp³-hybridized carbons (Fsp3) is 0.636. The van der Waals surface area contributed by atoms with Crippen molar-refractivity contribution in [3.8, 4) is 5.75 Å². The zero-order chi connectivity index (χ0) is 20.3. The Bertz CT molecular complexity index is 796. The topological polar surface area (TPSA) is 49.9 Å². The van der Waals surface area contributed by atoms with Crippen LogP contribution >= 0.6 is 11.8 Å². The first-order chi connectivity index (χ1) is 14.1. The number of hydrogen-bond donors (Lipinski definition) is 0. The van der Waals surface area contributed by atoms with Gasteiger partial charge in [-0.25, -0.2) is 8.42 Å². The summed E-state index contributed by atoms with van der Waals surface area (Å²) in [5, 5.41) is 2.70. The fourth-order valence-electron chi connectivity index (χ4n) is 4.87. The van der Waals surface area contributed by atoms with Gasteiger partial charge in [0.25, 0.3) is 0 Å². The van der Waals surface area contributed by atoms with Crippen LogP contribution in [0.1, 0.15) is 44.9 Å². The lowest BCUT2D eigenvalue weighted by molar-refractivity contribution is 0.176. The van der Waals surface area contributed by atoms with Crippen LogP contribution in [0.4, 0.5) is 0 Å². The molecule has 0 bridgehead atoms. The van der Waals surface area contributed by atoms with Gasteiger partial charge in [0.1, 0.15) is 5.75 Å². The van der Waals surface area contributed by atoms with Crippen molar-refractivity contribution in [1.29, 1.82) is 0 Å². The molecule has 2 fully saturated rings. The molecule has 29 heavy (non-hydrogen) atoms. The van der Waals surface area contributed by atoms with Crippen LogP contribution in [-0.2, 0) is 10.0 Å². The Morgan fingerprint density at radius 1 is 1.03 bits per heavy atom. The van der Waals surface area contributed by atoms with Crippen molar-refractivity contribution in [2.45, 2.75) is 55.2 Å². The van der Waals surface area contributed by atoms with E-state index in [4.69, 9.17) is 4.74 Å². The van der Waals surface area contributed by atoms with Crippen LogP contribution in [0, 0.1) is 11.8 Å². The SMILES string of the molecule is COc1ccc(S(=O)(=O)N2CCC(C3SC=CN3CC3CCCCC3)CC2)cc1. The average Bonchev–Trinajstić information content (AvgIpc) is 3.22. The third-order valence-electron chi connectivity index (χ3n) is 6.59. The lowest BCUT2D eigenvalue weighted by Crippen LogP contribution is -2.44. The van der Waals surface area contributed by atoms with Gasteiger partial charge in [0.2, 0.25) is 10.0 Å². The molecule has 7 heteroatoms. The van der Waals surface area contributed by atoms with Crippen LogP contribution < -0.4 is 4.74 Å². The molecule has 0 aromatic heterocycles. The maximum absolute atomic E-state index is 13.0. The molecule has 1 unspecified atom stereocenters. The van der Waals surface area contributed by atoms with Gasteiger partial charge in [0.05, 0.1) is 17.4 Å². The van der Waals surface area contributed by atoms with Crippen LogP contribution in [0.15, 0.2) is 40.8 Å². The van der Waals surface area contributed by atoms with Crippen molar-refractivity contribution in [2.75, 3.05) is 26.7 Å². The molecule has 1 aromatic rings. The van der Waals surface area contributed by atoms with E-state index < -0.39 is 10.0 Å². The largest absolute Gasteiger partial charge is 0.497 e. The van der Waals surface area contributed by atoms with Crippen LogP contribution in [0.3, 0.4) is 0 Å². The van der Waals surface area contributed by atoms with E-state index in [1.165, 1.54) is 38.6 Å². The van der Waals surface area contributed by atoms with Crippen molar-refractivity contribution in [1.82, 2.24) is 9.21 Å². The van der Waals surface area contributed by atoms with Crippen molar-refractivity contribution < 1.29 is 13.2 Å². The lowest BCUT2D eigenvalue weighted by Gasteiger charge is -2.39. The van der Waals surface area contributed by atoms with Crippen molar-refractivity contribution in [3.63, 3.8) is 0 Å². The summed E-state index contributed by atoms with van der Waals surface area (Å²) in [6.07, 6.45) is 11.0. The Balaban J connectivity index is 1.34. The van der Waals surface area contributed by atoms with Gasteiger partial charge in [-0.1, -0.05) is 19.3 Å². The zero-order valence-corrected chi connectivity index (χ0v) is 18.8. The number of methoxy groups -OCH3 is 1. The number of rotatable bonds is 6. The Hall–Kier alpha value is -1.18. The maximum atomic E-state index is 13.0. The lowest BCUT2D eigenvalue weighted by atomic mass is 9.88. The van der Waals surface area contributed by atoms with E-state index in [1.54, 1.807) is 35.7 Å². The van der Waals surface area contributed by atoms with Gasteiger partial charge < -0.3 is 9.64 Å². The Morgan fingerprint density at radius 3 is 2.38 bits per heavy atom. The van der Waals surface area contributed by atoms with E-state index in [-0.39, 0.29) is 0 Å². The van der Waals surface area contributed by atoms with Gasteiger partial charge >= 0.3 is 0 Å². The highest BCUT2D eigenvalue weighted by Crippen LogP contribution is 2.38. The molecule has 2 heterocycles. The Kier molecular flexibility index (Phi) is 6.76. The minimum Gasteiger partial charge on any atom is -0.497 e. The van der Waals surface area contributed by atoms with Crippen LogP contribution in [0.5, 0.6) is 5.75 Å². The van der Waals surface area contributed by atoms with E-state index in [2.05, 4.69) is 16.5 Å². The summed E-state index contributed by atoms with van der Waals surface area (Å²) in [5.74, 6) is 2.04. The number of hydrogen-bond acceptors (Lipinski definition) is 5. The average molecular weight is 437 g/mol. The standard InChI is InChI=1S/C22H32N2O3S2/c1-27-20-7-9-21(10-8-20)29(25,26)24-13-11-19(12-14-24)22-23(15-16-28-22)17-18-5-3-2-4-6-18/h7-10,15-16,18-19,22H,2-6,11-14,17H2,1H3. The van der Waals surface area contributed by atoms with Crippen molar-refractivity contribution >= 4 is 21.8 Å². The number of piperidine rings is 1. The molecule has 1 atom stereocenters. The van der Waals surface area contributed by atoms with E-state index in [0.29, 0.717) is 35.0 Å². The highest BCUT2D eigenvalue weighted by atomic mass is 32.2. The smallest absolute Gasteiger partial charge is 0.243 e. The van der Waals surface area contributed by atoms with Crippen LogP contribution in [0.2, 0.25) is 0 Å². The molecule has 1 saturated heterocycles. The molecule has 3 aliphatic rings. The summed E-state index contributed by atoms with van der Waals surface area (Å²) in [6, 6.07) is 6.71. The monoisotopic (exact) mass is 436 g/mol. The number of sulfonamides is 1. The number of benzene rings is 1. The summed E-state index contributed by atoms with van der Waals surface area (Å²) in [5.41, 5.74) is 0. The van der Waals surface area contributed by atoms with Gasteiger partial charge in [-0.05, 0) is 67.2 Å². The Labute approximate surface area is 179 Å². The predicted octanol–water partition coefficient (Wildman–Crippen LogP) is 4.52. The van der Waals surface area contributed by atoms with Gasteiger partial charge in [-0.15, -0.1) is 11.8 Å². The molecule has 4 rings (SSSR count). The molecule has 5 nitrogen and oxygen atoms in total. The molecule has 1 saturated carbocycles. The summed E-state index contributed by atoms with van der Waals surface area (Å²) in [7, 11) is -1.84. The van der Waals surface area contributed by atoms with E-state index >= 15 is 0 Å². The first-order valence-corrected chi connectivity index (χ1v) is 13.2. The normalized spacial score (nSPS) is 24.9. The summed E-state index contributed by atoms with van der Waals surface area (Å²) < 4.78 is 32.8. The first-order valence-electron chi connectivity index (χ1n) is 10.8. The number of nitrogens with zero attached hydrogens (tertiary/aromatic N) is 2. The molecule has 0 amide bonds. The highest BCUT2D eigenvalue weighted by molar-refractivity contribution is 8.02. The van der Waals surface area contributed by atoms with Crippen LogP contribution in [-0.4, -0.2) is 49.7 Å². The minimum absolute atomic E-state index is 0.354. The molecule has 0 spiro atoms. The number of thioether (sulfide) groups is 1. The third kappa shape index (κ3) is 4.78. The van der Waals surface area contributed by atoms with E-state index in [1.807, 2.05) is 11.8 Å². The van der Waals surface area contributed by atoms with Gasteiger partial charge in [0.15, 0.2) is 0 Å². The van der Waals surface area contributed by atoms with Crippen LogP contribution in [0.25, 0.3) is 0 Å². The molecule has 1 aromatic carbocycles. The quantitative estimate of drug-likeness (QED) is 0.656. The van der Waals surface area contributed by atoms with Crippen molar-refractivity contribution in [3.05, 3.63) is 35.9 Å². The summed E-state index contributed by atoms with van der Waals surface area (Å²) in [4.78, 5) is 2.89. The molecule has 0 radical (unpaired) electrons. The predicted molar refractivity (Wildman–Crippen MR) is 118 cm³/mol. The van der Waals surface area contributed by atoms with Crippen molar-refractivity contribution in [2.24, 2.45) is 11.8 Å². The van der Waals surface area contributed by atoms with Gasteiger partial charge in [0, 0.05) is 25.8 Å². The second-order valence-electron chi connectivity index (χ2n) is 8.43. The van der Waals surface area contributed by atoms with E-state index in [0.717, 1.165) is 18.8 Å². The van der Waals surface area contributed by atoms with E-state index in [9.17, 15) is 8.42 Å². The fourth-order valence-corrected chi connectivity index (χ4v) is 7.53. The second kappa shape index (κ2) is 9.31. The molecular weight excluding hydrogens is 404 g/mol. The minimum atomic E-state index is -3.43. The molecule has 1 aliphatic carbocycles. The van der Waals surface area contributed by atoms with Gasteiger partial charge in [-0.3, -0.25) is 0 Å². The maximum Gasteiger partial charge on any atom is 0.243 e. The third-order valence-corrected chi connectivity index (χ3v) is 9.72. The first kappa shape index (κ1) is 21.1. The summed E-state index contributed by atoms with van der Waals surface area (Å²) >= 11 is 1.92. The highest BCUT2D eigenvalue weighted by Gasteiger charge is 2.36. The zero-order valence-electron chi connectivity index (χ0n) is 17.2.